The van der Waals surface area contributed by atoms with Crippen LogP contribution in [-0.4, -0.2) is 95.1 Å². The first kappa shape index (κ1) is 75.0. The quantitative estimate of drug-likeness (QED) is 0.0529. The Labute approximate surface area is 691 Å². The molecule has 0 saturated carbocycles. The van der Waals surface area contributed by atoms with Crippen LogP contribution in [0.2, 0.25) is 0 Å². The Morgan fingerprint density at radius 1 is 0.192 bits per heavy atom. The van der Waals surface area contributed by atoms with Gasteiger partial charge < -0.3 is 43.8 Å². The van der Waals surface area contributed by atoms with Gasteiger partial charge in [-0.05, 0) is 144 Å². The van der Waals surface area contributed by atoms with Crippen LogP contribution in [0, 0.1) is 0 Å². The van der Waals surface area contributed by atoms with Crippen LogP contribution in [0.1, 0.15) is 0 Å². The lowest BCUT2D eigenvalue weighted by atomic mass is 9.79. The molecule has 0 aliphatic carbocycles. The summed E-state index contributed by atoms with van der Waals surface area (Å²) in [5, 5.41) is 67.2. The van der Waals surface area contributed by atoms with E-state index in [0.717, 1.165) is 166 Å². The Bertz CT molecular complexity index is 6430. The molecule has 0 bridgehead atoms. The number of aromatic nitrogens is 9. The lowest BCUT2D eigenvalue weighted by Gasteiger charge is -2.13. The summed E-state index contributed by atoms with van der Waals surface area (Å²) in [4.78, 5) is 28.7. The Morgan fingerprint density at radius 3 is 0.825 bits per heavy atom. The van der Waals surface area contributed by atoms with Crippen molar-refractivity contribution in [1.29, 1.82) is 0 Å². The van der Waals surface area contributed by atoms with Crippen LogP contribution in [0.3, 0.4) is 0 Å². The number of nitrogens with zero attached hydrogens (tertiary/aromatic N) is 9. The van der Waals surface area contributed by atoms with E-state index in [4.69, 9.17) is 19.9 Å². The summed E-state index contributed by atoms with van der Waals surface area (Å²) in [6.07, 6.45) is 3.61. The summed E-state index contributed by atoms with van der Waals surface area (Å²) in [7, 11) is -4.75. The van der Waals surface area contributed by atoms with Crippen LogP contribution >= 0.6 is 0 Å². The molecule has 15 nitrogen and oxygen atoms in total. The van der Waals surface area contributed by atoms with Gasteiger partial charge in [-0.2, -0.15) is 0 Å². The molecule has 120 heavy (non-hydrogen) atoms. The van der Waals surface area contributed by atoms with Gasteiger partial charge in [-0.15, -0.1) is 0 Å². The molecule has 0 aliphatic rings. The zero-order valence-corrected chi connectivity index (χ0v) is 64.5. The SMILES string of the molecule is OB(O)c1cccc2c3ccccc3n(-c3ccc(-c4cc(-c5ccccc5)cc(-c5ccccc5)n4)cc3)c12.OB(O)c1cccc2c3ccccc3n(-c3ccc(-c4cc(-c5ccccn5)cc(-c5ccccn5)c4)cc3)c12.OB(O)c1cccc2c3ccccc3n(-c3ccc(-c4nc(-c5ccccc5)nc(-c5ccccc5)n4)cc3)c12. The minimum Gasteiger partial charge on any atom is -0.423 e. The van der Waals surface area contributed by atoms with Crippen molar-refractivity contribution in [2.75, 3.05) is 0 Å². The van der Waals surface area contributed by atoms with Gasteiger partial charge in [0.15, 0.2) is 17.5 Å². The highest BCUT2D eigenvalue weighted by atomic mass is 16.4. The van der Waals surface area contributed by atoms with Crippen LogP contribution in [0.15, 0.2) is 401 Å². The third-order valence-corrected chi connectivity index (χ3v) is 21.8. The number of para-hydroxylation sites is 6. The average molecular weight is 1550 g/mol. The molecule has 0 amide bonds. The highest BCUT2D eigenvalue weighted by Crippen LogP contribution is 2.39. The van der Waals surface area contributed by atoms with Crippen LogP contribution in [-0.2, 0) is 0 Å². The smallest absolute Gasteiger partial charge is 0.423 e. The predicted molar refractivity (Wildman–Crippen MR) is 488 cm³/mol. The van der Waals surface area contributed by atoms with E-state index in [1.54, 1.807) is 30.6 Å². The molecule has 14 aromatic carbocycles. The van der Waals surface area contributed by atoms with Gasteiger partial charge in [0, 0.05) is 117 Å². The van der Waals surface area contributed by atoms with Gasteiger partial charge in [0.1, 0.15) is 0 Å². The van der Waals surface area contributed by atoms with Crippen molar-refractivity contribution >= 4 is 103 Å². The van der Waals surface area contributed by atoms with E-state index >= 15 is 0 Å². The molecule has 0 radical (unpaired) electrons. The molecule has 0 fully saturated rings. The zero-order chi connectivity index (χ0) is 81.2. The molecule has 21 aromatic rings. The average Bonchev–Trinajstić information content (AvgIpc) is 1.60. The van der Waals surface area contributed by atoms with Crippen LogP contribution in [0.4, 0.5) is 0 Å². The maximum atomic E-state index is 10.2. The van der Waals surface area contributed by atoms with Crippen LogP contribution in [0.25, 0.3) is 184 Å². The molecule has 570 valence electrons. The maximum Gasteiger partial charge on any atom is 0.490 e. The fourth-order valence-electron chi connectivity index (χ4n) is 16.2. The van der Waals surface area contributed by atoms with E-state index in [1.165, 1.54) is 0 Å². The second kappa shape index (κ2) is 32.9. The summed E-state index contributed by atoms with van der Waals surface area (Å²) in [5.41, 5.74) is 24.3. The first-order chi connectivity index (χ1) is 59.0. The number of benzene rings is 14. The third-order valence-electron chi connectivity index (χ3n) is 21.8. The van der Waals surface area contributed by atoms with Gasteiger partial charge in [0.25, 0.3) is 0 Å². The van der Waals surface area contributed by atoms with Crippen molar-refractivity contribution in [2.45, 2.75) is 0 Å². The van der Waals surface area contributed by atoms with Crippen molar-refractivity contribution < 1.29 is 30.1 Å². The Hall–Kier alpha value is -15.1. The summed E-state index contributed by atoms with van der Waals surface area (Å²) in [5.74, 6) is 1.79. The van der Waals surface area contributed by atoms with E-state index in [1.807, 2.05) is 224 Å². The van der Waals surface area contributed by atoms with E-state index in [0.29, 0.717) is 33.9 Å². The molecule has 21 rings (SSSR count). The monoisotopic (exact) mass is 1550 g/mol. The maximum absolute atomic E-state index is 10.2. The topological polar surface area (TPSA) is 214 Å². The molecule has 0 unspecified atom stereocenters. The summed E-state index contributed by atoms with van der Waals surface area (Å²) >= 11 is 0. The number of hydrogen-bond acceptors (Lipinski definition) is 12. The molecule has 6 N–H and O–H groups in total. The summed E-state index contributed by atoms with van der Waals surface area (Å²) < 4.78 is 6.28. The molecular formula is C102H72B3N9O6. The molecule has 18 heteroatoms. The molecular weight excluding hydrogens is 1480 g/mol. The van der Waals surface area contributed by atoms with Gasteiger partial charge in [-0.1, -0.05) is 267 Å². The van der Waals surface area contributed by atoms with Crippen LogP contribution in [0.5, 0.6) is 0 Å². The van der Waals surface area contributed by atoms with Crippen molar-refractivity contribution in [3.63, 3.8) is 0 Å². The van der Waals surface area contributed by atoms with Gasteiger partial charge >= 0.3 is 21.4 Å². The summed E-state index contributed by atoms with van der Waals surface area (Å²) in [6.45, 7) is 0. The zero-order valence-electron chi connectivity index (χ0n) is 64.5. The highest BCUT2D eigenvalue weighted by Gasteiger charge is 2.26. The predicted octanol–water partition coefficient (Wildman–Crippen LogP) is 18.8. The van der Waals surface area contributed by atoms with Crippen molar-refractivity contribution in [3.05, 3.63) is 401 Å². The van der Waals surface area contributed by atoms with Crippen molar-refractivity contribution in [2.24, 2.45) is 0 Å². The van der Waals surface area contributed by atoms with Crippen molar-refractivity contribution in [1.82, 2.24) is 43.6 Å². The largest absolute Gasteiger partial charge is 0.490 e. The van der Waals surface area contributed by atoms with E-state index in [9.17, 15) is 30.1 Å². The lowest BCUT2D eigenvalue weighted by molar-refractivity contribution is 0.425. The minimum atomic E-state index is -1.59. The van der Waals surface area contributed by atoms with E-state index < -0.39 is 21.4 Å². The molecule has 7 heterocycles. The van der Waals surface area contributed by atoms with Gasteiger partial charge in [0.2, 0.25) is 0 Å². The van der Waals surface area contributed by atoms with E-state index in [2.05, 4.69) is 169 Å². The van der Waals surface area contributed by atoms with Gasteiger partial charge in [0.05, 0.1) is 55.9 Å². The molecule has 0 aliphatic heterocycles. The Balaban J connectivity index is 0.000000119. The number of rotatable bonds is 15. The Morgan fingerprint density at radius 2 is 0.467 bits per heavy atom. The summed E-state index contributed by atoms with van der Waals surface area (Å²) in [6, 6.07) is 129. The Kier molecular flexibility index (Phi) is 20.5. The fraction of sp³-hybridized carbons (Fsp3) is 0. The number of hydrogen-bond donors (Lipinski definition) is 6. The molecule has 0 atom stereocenters. The number of pyridine rings is 3. The normalized spacial score (nSPS) is 11.2. The third kappa shape index (κ3) is 14.7. The molecule has 0 spiro atoms. The first-order valence-electron chi connectivity index (χ1n) is 39.5. The van der Waals surface area contributed by atoms with Crippen molar-refractivity contribution in [3.8, 4) is 119 Å². The molecule has 0 saturated heterocycles. The standard InChI is InChI=1S/C35H25BN2O2.C34H24BN3O2.C33H23BN4O2/c39-36(40)31-16-9-15-30-29-14-7-8-17-34(29)38(35(30)31)28-20-18-26(19-21-28)33-23-27(24-10-3-1-4-11-24)22-32(37-33)25-12-5-2-6-13-25;39-35(40)30-10-7-9-29-28-8-1-2-13-33(28)38(34(29)30)27-16-14-23(15-17-27)24-20-25(31-11-3-5-18-36-31)22-26(21-24)32-12-4-6-19-37-32;39-34(40)28-16-9-15-27-26-14-7-8-17-29(26)38(30(27)28)25-20-18-24(19-21-25)33-36-31(22-10-3-1-4-11-22)35-32(37-33)23-12-5-2-6-13-23/h1-23,39-40H;1-22,39-40H;1-21,39-40H. The highest BCUT2D eigenvalue weighted by molar-refractivity contribution is 6.63. The van der Waals surface area contributed by atoms with E-state index in [-0.39, 0.29) is 0 Å². The fourth-order valence-corrected chi connectivity index (χ4v) is 16.2. The van der Waals surface area contributed by atoms with Gasteiger partial charge in [-0.25, -0.2) is 19.9 Å². The molecule has 7 aromatic heterocycles. The second-order valence-corrected chi connectivity index (χ2v) is 29.2. The second-order valence-electron chi connectivity index (χ2n) is 29.2. The number of fused-ring (bicyclic) bond motifs is 9. The van der Waals surface area contributed by atoms with Crippen LogP contribution < -0.4 is 16.4 Å². The first-order valence-corrected chi connectivity index (χ1v) is 39.5. The minimum absolute atomic E-state index is 0.454. The lowest BCUT2D eigenvalue weighted by Crippen LogP contribution is -2.31. The van der Waals surface area contributed by atoms with Gasteiger partial charge in [-0.3, -0.25) is 9.97 Å².